The third-order valence-corrected chi connectivity index (χ3v) is 2.59. The van der Waals surface area contributed by atoms with E-state index in [0.717, 1.165) is 12.1 Å². The molecule has 18 heavy (non-hydrogen) atoms. The fraction of sp³-hybridized carbons (Fsp3) is 0. The summed E-state index contributed by atoms with van der Waals surface area (Å²) in [6, 6.07) is 10.1. The topological polar surface area (TPSA) is 35.8 Å². The van der Waals surface area contributed by atoms with Crippen molar-refractivity contribution >= 4 is 23.0 Å². The smallest absolute Gasteiger partial charge is 0.151 e. The summed E-state index contributed by atoms with van der Waals surface area (Å²) in [6.45, 7) is 0. The van der Waals surface area contributed by atoms with Crippen molar-refractivity contribution in [3.05, 3.63) is 58.6 Å². The Morgan fingerprint density at radius 1 is 1.11 bits per heavy atom. The first-order valence-corrected chi connectivity index (χ1v) is 5.39. The van der Waals surface area contributed by atoms with E-state index in [9.17, 15) is 8.78 Å². The van der Waals surface area contributed by atoms with Gasteiger partial charge in [0.05, 0.1) is 22.3 Å². The number of benzene rings is 2. The van der Waals surface area contributed by atoms with Gasteiger partial charge in [-0.05, 0) is 30.3 Å². The van der Waals surface area contributed by atoms with Crippen LogP contribution in [0.2, 0.25) is 5.02 Å². The molecule has 90 valence electrons. The third kappa shape index (κ3) is 2.58. The van der Waals surface area contributed by atoms with Gasteiger partial charge in [-0.25, -0.2) is 8.78 Å². The van der Waals surface area contributed by atoms with Gasteiger partial charge in [0.2, 0.25) is 0 Å². The second-order valence-electron chi connectivity index (χ2n) is 3.56. The van der Waals surface area contributed by atoms with Crippen LogP contribution in [0.25, 0.3) is 0 Å². The number of rotatable bonds is 2. The van der Waals surface area contributed by atoms with Crippen molar-refractivity contribution in [2.45, 2.75) is 0 Å². The van der Waals surface area contributed by atoms with Gasteiger partial charge in [0.25, 0.3) is 0 Å². The van der Waals surface area contributed by atoms with Gasteiger partial charge in [-0.1, -0.05) is 11.6 Å². The lowest BCUT2D eigenvalue weighted by atomic mass is 10.2. The summed E-state index contributed by atoms with van der Waals surface area (Å²) in [4.78, 5) is 0. The number of hydrogen-bond acceptors (Lipinski definition) is 2. The first-order valence-electron chi connectivity index (χ1n) is 5.02. The fourth-order valence-electron chi connectivity index (χ4n) is 1.43. The average molecular weight is 265 g/mol. The molecule has 2 aromatic rings. The average Bonchev–Trinajstić information content (AvgIpc) is 2.34. The van der Waals surface area contributed by atoms with Crippen LogP contribution in [-0.4, -0.2) is 0 Å². The minimum atomic E-state index is -0.774. The zero-order valence-corrected chi connectivity index (χ0v) is 9.80. The molecule has 2 aromatic carbocycles. The summed E-state index contributed by atoms with van der Waals surface area (Å²) in [5, 5.41) is 11.3. The van der Waals surface area contributed by atoms with Crippen LogP contribution in [0, 0.1) is 23.0 Å². The highest BCUT2D eigenvalue weighted by molar-refractivity contribution is 6.33. The molecule has 0 saturated heterocycles. The summed E-state index contributed by atoms with van der Waals surface area (Å²) in [5.41, 5.74) is 1.05. The molecule has 0 aliphatic rings. The predicted octanol–water partition coefficient (Wildman–Crippen LogP) is 4.23. The van der Waals surface area contributed by atoms with E-state index in [4.69, 9.17) is 16.9 Å². The predicted molar refractivity (Wildman–Crippen MR) is 65.8 cm³/mol. The first-order chi connectivity index (χ1) is 8.60. The van der Waals surface area contributed by atoms with Gasteiger partial charge in [0.15, 0.2) is 5.82 Å². The fourth-order valence-corrected chi connectivity index (χ4v) is 1.68. The van der Waals surface area contributed by atoms with Gasteiger partial charge in [0, 0.05) is 11.8 Å². The zero-order valence-electron chi connectivity index (χ0n) is 9.05. The summed E-state index contributed by atoms with van der Waals surface area (Å²) in [5.74, 6) is -1.51. The molecule has 0 spiro atoms. The number of nitrogens with zero attached hydrogens (tertiary/aromatic N) is 1. The van der Waals surface area contributed by atoms with E-state index in [2.05, 4.69) is 5.32 Å². The van der Waals surface area contributed by atoms with E-state index in [1.807, 2.05) is 6.07 Å². The van der Waals surface area contributed by atoms with Crippen molar-refractivity contribution < 1.29 is 8.78 Å². The highest BCUT2D eigenvalue weighted by Crippen LogP contribution is 2.29. The Balaban J connectivity index is 2.31. The standard InChI is InChI=1S/C13H7ClF2N2/c14-11-5-9(15)6-12(16)13(11)18-10-3-1-8(7-17)2-4-10/h1-6,18H. The summed E-state index contributed by atoms with van der Waals surface area (Å²) in [6.07, 6.45) is 0. The molecule has 0 fully saturated rings. The molecule has 0 radical (unpaired) electrons. The highest BCUT2D eigenvalue weighted by Gasteiger charge is 2.10. The molecule has 1 N–H and O–H groups in total. The Morgan fingerprint density at radius 2 is 1.78 bits per heavy atom. The van der Waals surface area contributed by atoms with Crippen molar-refractivity contribution in [2.75, 3.05) is 5.32 Å². The van der Waals surface area contributed by atoms with Crippen LogP contribution in [0.3, 0.4) is 0 Å². The van der Waals surface area contributed by atoms with E-state index in [-0.39, 0.29) is 10.7 Å². The molecule has 5 heteroatoms. The minimum Gasteiger partial charge on any atom is -0.352 e. The first kappa shape index (κ1) is 12.3. The number of hydrogen-bond donors (Lipinski definition) is 1. The molecule has 0 aliphatic heterocycles. The zero-order chi connectivity index (χ0) is 13.1. The number of nitriles is 1. The SMILES string of the molecule is N#Cc1ccc(Nc2c(F)cc(F)cc2Cl)cc1. The van der Waals surface area contributed by atoms with E-state index < -0.39 is 11.6 Å². The molecular weight excluding hydrogens is 258 g/mol. The molecule has 0 heterocycles. The highest BCUT2D eigenvalue weighted by atomic mass is 35.5. The van der Waals surface area contributed by atoms with Crippen molar-refractivity contribution in [1.29, 1.82) is 5.26 Å². The summed E-state index contributed by atoms with van der Waals surface area (Å²) in [7, 11) is 0. The Labute approximate surface area is 107 Å². The normalized spacial score (nSPS) is 9.89. The van der Waals surface area contributed by atoms with Gasteiger partial charge < -0.3 is 5.32 Å². The van der Waals surface area contributed by atoms with Crippen molar-refractivity contribution in [1.82, 2.24) is 0 Å². The molecule has 0 unspecified atom stereocenters. The van der Waals surface area contributed by atoms with Crippen LogP contribution in [0.5, 0.6) is 0 Å². The maximum absolute atomic E-state index is 13.5. The molecule has 0 amide bonds. The third-order valence-electron chi connectivity index (χ3n) is 2.29. The monoisotopic (exact) mass is 264 g/mol. The molecule has 0 bridgehead atoms. The van der Waals surface area contributed by atoms with E-state index in [1.165, 1.54) is 0 Å². The van der Waals surface area contributed by atoms with Gasteiger partial charge in [-0.2, -0.15) is 5.26 Å². The van der Waals surface area contributed by atoms with Crippen LogP contribution in [0.15, 0.2) is 36.4 Å². The maximum atomic E-state index is 13.5. The van der Waals surface area contributed by atoms with Crippen molar-refractivity contribution in [3.8, 4) is 6.07 Å². The Kier molecular flexibility index (Phi) is 3.45. The Bertz CT molecular complexity index is 595. The van der Waals surface area contributed by atoms with Gasteiger partial charge >= 0.3 is 0 Å². The number of halogens is 3. The summed E-state index contributed by atoms with van der Waals surface area (Å²) >= 11 is 5.75. The molecule has 0 saturated carbocycles. The molecular formula is C13H7ClF2N2. The second-order valence-corrected chi connectivity index (χ2v) is 3.97. The lowest BCUT2D eigenvalue weighted by Crippen LogP contribution is -1.96. The minimum absolute atomic E-state index is 0.00257. The van der Waals surface area contributed by atoms with Crippen molar-refractivity contribution in [2.24, 2.45) is 0 Å². The lowest BCUT2D eigenvalue weighted by molar-refractivity contribution is 0.586. The molecule has 0 aromatic heterocycles. The second kappa shape index (κ2) is 5.03. The van der Waals surface area contributed by atoms with Crippen LogP contribution in [0.4, 0.5) is 20.2 Å². The maximum Gasteiger partial charge on any atom is 0.151 e. The molecule has 2 nitrogen and oxygen atoms in total. The largest absolute Gasteiger partial charge is 0.352 e. The summed E-state index contributed by atoms with van der Waals surface area (Å²) < 4.78 is 26.4. The number of anilines is 2. The molecule has 0 atom stereocenters. The van der Waals surface area contributed by atoms with E-state index in [0.29, 0.717) is 11.3 Å². The Morgan fingerprint density at radius 3 is 2.33 bits per heavy atom. The van der Waals surface area contributed by atoms with E-state index >= 15 is 0 Å². The molecule has 0 aliphatic carbocycles. The lowest BCUT2D eigenvalue weighted by Gasteiger charge is -2.09. The van der Waals surface area contributed by atoms with Crippen LogP contribution in [0.1, 0.15) is 5.56 Å². The van der Waals surface area contributed by atoms with Crippen LogP contribution < -0.4 is 5.32 Å². The quantitative estimate of drug-likeness (QED) is 0.881. The number of nitrogens with one attached hydrogen (secondary N) is 1. The van der Waals surface area contributed by atoms with Gasteiger partial charge in [-0.15, -0.1) is 0 Å². The Hall–Kier alpha value is -2.12. The van der Waals surface area contributed by atoms with Crippen molar-refractivity contribution in [3.63, 3.8) is 0 Å². The molecule has 2 rings (SSSR count). The van der Waals surface area contributed by atoms with Crippen LogP contribution >= 0.6 is 11.6 Å². The van der Waals surface area contributed by atoms with Crippen LogP contribution in [-0.2, 0) is 0 Å². The van der Waals surface area contributed by atoms with Gasteiger partial charge in [-0.3, -0.25) is 0 Å². The van der Waals surface area contributed by atoms with Gasteiger partial charge in [0.1, 0.15) is 5.82 Å². The van der Waals surface area contributed by atoms with E-state index in [1.54, 1.807) is 24.3 Å².